The molecule has 0 amide bonds. The zero-order valence-corrected chi connectivity index (χ0v) is 27.2. The molecular weight excluding hydrogens is 615 g/mol. The molecule has 9 aromatic rings. The van der Waals surface area contributed by atoms with Gasteiger partial charge in [-0.3, -0.25) is 0 Å². The van der Waals surface area contributed by atoms with E-state index in [-0.39, 0.29) is 12.0 Å². The van der Waals surface area contributed by atoms with E-state index < -0.39 is 0 Å². The number of hydrogen-bond donors (Lipinski definition) is 0. The molecule has 49 heavy (non-hydrogen) atoms. The molecule has 0 bridgehead atoms. The van der Waals surface area contributed by atoms with Crippen LogP contribution in [0.2, 0.25) is 0 Å². The molecule has 3 heterocycles. The summed E-state index contributed by atoms with van der Waals surface area (Å²) >= 11 is 1.88. The first kappa shape index (κ1) is 26.1. The Bertz CT molecular complexity index is 2910. The average molecular weight is 642 g/mol. The van der Waals surface area contributed by atoms with Gasteiger partial charge in [0.2, 0.25) is 0 Å². The number of hydrogen-bond acceptors (Lipinski definition) is 2. The second-order valence-corrected chi connectivity index (χ2v) is 14.6. The van der Waals surface area contributed by atoms with Crippen LogP contribution in [0.25, 0.3) is 87.0 Å². The molecule has 0 saturated carbocycles. The van der Waals surface area contributed by atoms with Crippen molar-refractivity contribution in [3.05, 3.63) is 162 Å². The number of aromatic nitrogens is 1. The number of rotatable bonds is 2. The maximum Gasteiger partial charge on any atom is 0.150 e. The van der Waals surface area contributed by atoms with Crippen molar-refractivity contribution >= 4 is 59.3 Å². The van der Waals surface area contributed by atoms with Crippen molar-refractivity contribution in [2.24, 2.45) is 0 Å². The molecule has 0 radical (unpaired) electrons. The van der Waals surface area contributed by atoms with E-state index in [1.165, 1.54) is 97.7 Å². The highest BCUT2D eigenvalue weighted by molar-refractivity contribution is 7.25. The molecule has 7 aromatic carbocycles. The fraction of sp³-hybridized carbons (Fsp3) is 0.0435. The van der Waals surface area contributed by atoms with Crippen LogP contribution in [0.3, 0.4) is 0 Å². The van der Waals surface area contributed by atoms with Gasteiger partial charge >= 0.3 is 0 Å². The fourth-order valence-corrected chi connectivity index (χ4v) is 10.1. The van der Waals surface area contributed by atoms with Gasteiger partial charge in [0.15, 0.2) is 0 Å². The zero-order chi connectivity index (χ0) is 31.8. The van der Waals surface area contributed by atoms with Crippen LogP contribution in [-0.4, -0.2) is 4.57 Å². The van der Waals surface area contributed by atoms with E-state index in [1.54, 1.807) is 0 Å². The van der Waals surface area contributed by atoms with Crippen molar-refractivity contribution in [3.63, 3.8) is 0 Å². The van der Waals surface area contributed by atoms with Gasteiger partial charge in [0.25, 0.3) is 0 Å². The van der Waals surface area contributed by atoms with Crippen LogP contribution in [-0.2, 0) is 0 Å². The average Bonchev–Trinajstić information content (AvgIpc) is 3.90. The van der Waals surface area contributed by atoms with E-state index in [1.807, 2.05) is 11.3 Å². The van der Waals surface area contributed by atoms with Gasteiger partial charge in [-0.2, -0.15) is 0 Å². The molecule has 2 aromatic heterocycles. The van der Waals surface area contributed by atoms with E-state index in [0.29, 0.717) is 0 Å². The summed E-state index contributed by atoms with van der Waals surface area (Å²) in [6, 6.07) is 51.6. The highest BCUT2D eigenvalue weighted by Gasteiger charge is 2.40. The Morgan fingerprint density at radius 3 is 2.18 bits per heavy atom. The molecule has 1 aliphatic heterocycles. The molecule has 0 N–H and O–H groups in total. The zero-order valence-electron chi connectivity index (χ0n) is 26.4. The molecule has 12 rings (SSSR count). The summed E-state index contributed by atoms with van der Waals surface area (Å²) in [5.74, 6) is 1.19. The lowest BCUT2D eigenvalue weighted by Crippen LogP contribution is -2.16. The second kappa shape index (κ2) is 9.37. The predicted molar refractivity (Wildman–Crippen MR) is 205 cm³/mol. The van der Waals surface area contributed by atoms with Gasteiger partial charge in [0.1, 0.15) is 11.9 Å². The van der Waals surface area contributed by atoms with Crippen LogP contribution >= 0.6 is 11.3 Å². The van der Waals surface area contributed by atoms with Gasteiger partial charge < -0.3 is 9.30 Å². The van der Waals surface area contributed by atoms with Crippen molar-refractivity contribution in [2.45, 2.75) is 12.0 Å². The Labute approximate surface area is 286 Å². The minimum Gasteiger partial charge on any atom is -0.483 e. The summed E-state index contributed by atoms with van der Waals surface area (Å²) in [4.78, 5) is 0. The van der Waals surface area contributed by atoms with Crippen molar-refractivity contribution in [1.82, 2.24) is 4.57 Å². The molecule has 0 saturated heterocycles. The van der Waals surface area contributed by atoms with Crippen molar-refractivity contribution in [1.29, 1.82) is 0 Å². The topological polar surface area (TPSA) is 14.2 Å². The monoisotopic (exact) mass is 641 g/mol. The summed E-state index contributed by atoms with van der Waals surface area (Å²) in [6.45, 7) is 0. The lowest BCUT2D eigenvalue weighted by molar-refractivity contribution is 0.216. The van der Waals surface area contributed by atoms with Gasteiger partial charge in [-0.05, 0) is 86.6 Å². The van der Waals surface area contributed by atoms with E-state index in [2.05, 4.69) is 156 Å². The van der Waals surface area contributed by atoms with Crippen LogP contribution in [0.5, 0.6) is 5.75 Å². The van der Waals surface area contributed by atoms with E-state index >= 15 is 0 Å². The Hall–Kier alpha value is -5.90. The van der Waals surface area contributed by atoms with Crippen molar-refractivity contribution < 1.29 is 4.74 Å². The number of benzene rings is 7. The minimum atomic E-state index is -0.0683. The van der Waals surface area contributed by atoms with Crippen LogP contribution < -0.4 is 4.74 Å². The Morgan fingerprint density at radius 1 is 0.551 bits per heavy atom. The number of thiophene rings is 1. The van der Waals surface area contributed by atoms with E-state index in [4.69, 9.17) is 4.74 Å². The summed E-state index contributed by atoms with van der Waals surface area (Å²) < 4.78 is 11.8. The maximum absolute atomic E-state index is 6.74. The fourth-order valence-electron chi connectivity index (χ4n) is 9.02. The molecule has 2 unspecified atom stereocenters. The first-order valence-electron chi connectivity index (χ1n) is 17.0. The smallest absolute Gasteiger partial charge is 0.150 e. The highest BCUT2D eigenvalue weighted by Crippen LogP contribution is 2.53. The lowest BCUT2D eigenvalue weighted by Gasteiger charge is -2.24. The molecule has 2 atom stereocenters. The predicted octanol–water partition coefficient (Wildman–Crippen LogP) is 12.7. The van der Waals surface area contributed by atoms with Crippen LogP contribution in [0.15, 0.2) is 146 Å². The molecule has 228 valence electrons. The first-order chi connectivity index (χ1) is 24.3. The molecule has 3 aliphatic rings. The van der Waals surface area contributed by atoms with Crippen LogP contribution in [0.4, 0.5) is 0 Å². The van der Waals surface area contributed by atoms with E-state index in [9.17, 15) is 0 Å². The Morgan fingerprint density at radius 2 is 1.27 bits per heavy atom. The third-order valence-electron chi connectivity index (χ3n) is 11.1. The number of para-hydroxylation sites is 2. The molecule has 0 fully saturated rings. The van der Waals surface area contributed by atoms with Gasteiger partial charge in [-0.1, -0.05) is 109 Å². The molecule has 2 nitrogen and oxygen atoms in total. The Balaban J connectivity index is 1.05. The van der Waals surface area contributed by atoms with Crippen LogP contribution in [0, 0.1) is 0 Å². The summed E-state index contributed by atoms with van der Waals surface area (Å²) in [7, 11) is 0. The summed E-state index contributed by atoms with van der Waals surface area (Å²) in [5.41, 5.74) is 14.0. The number of ether oxygens (including phenoxy) is 1. The van der Waals surface area contributed by atoms with Crippen LogP contribution in [0.1, 0.15) is 28.8 Å². The molecule has 2 aliphatic carbocycles. The Kier molecular flexibility index (Phi) is 4.99. The van der Waals surface area contributed by atoms with Gasteiger partial charge in [0.05, 0.1) is 11.2 Å². The SMILES string of the molecule is C1=CC2c3ccccc3OC2c2c1c1ccccc1n2-c1ccc2sc3ccc(-c4ccc5c6c(cccc46)-c4ccccc4-5)cc3c2c1. The highest BCUT2D eigenvalue weighted by atomic mass is 32.1. The summed E-state index contributed by atoms with van der Waals surface area (Å²) in [5, 5.41) is 6.54. The second-order valence-electron chi connectivity index (χ2n) is 13.5. The summed E-state index contributed by atoms with van der Waals surface area (Å²) in [6.07, 6.45) is 4.59. The molecule has 3 heteroatoms. The molecular formula is C46H27NOS. The van der Waals surface area contributed by atoms with Crippen molar-refractivity contribution in [3.8, 4) is 44.8 Å². The number of nitrogens with zero attached hydrogens (tertiary/aromatic N) is 1. The quantitative estimate of drug-likeness (QED) is 0.183. The minimum absolute atomic E-state index is 0.0683. The maximum atomic E-state index is 6.74. The van der Waals surface area contributed by atoms with Crippen molar-refractivity contribution in [2.75, 3.05) is 0 Å². The van der Waals surface area contributed by atoms with Gasteiger partial charge in [-0.15, -0.1) is 11.3 Å². The normalized spacial score (nSPS) is 16.7. The number of fused-ring (bicyclic) bond motifs is 13. The first-order valence-corrected chi connectivity index (χ1v) is 17.8. The third-order valence-corrected chi connectivity index (χ3v) is 12.3. The largest absolute Gasteiger partial charge is 0.483 e. The standard InChI is InChI=1S/C46H27NOS/c1-2-9-30-29(8-1)34-13-7-12-33-28(18-19-35(30)44(33)34)26-16-22-42-38(24-26)39-25-27(17-23-43(39)49-42)47-40-14-5-3-10-31(40)36-20-21-37-32-11-4-6-15-41(32)48-46(37)45(36)47/h1-25,37,46H. The lowest BCUT2D eigenvalue weighted by atomic mass is 9.87. The third kappa shape index (κ3) is 3.40. The molecule has 0 spiro atoms. The van der Waals surface area contributed by atoms with Gasteiger partial charge in [0, 0.05) is 48.3 Å². The van der Waals surface area contributed by atoms with Gasteiger partial charge in [-0.25, -0.2) is 0 Å². The van der Waals surface area contributed by atoms with E-state index in [0.717, 1.165) is 5.75 Å².